The highest BCUT2D eigenvalue weighted by atomic mass is 79.9. The molecule has 5 nitrogen and oxygen atoms in total. The number of nitrogens with zero attached hydrogens (tertiary/aromatic N) is 1. The van der Waals surface area contributed by atoms with Gasteiger partial charge in [0, 0.05) is 34.4 Å². The topological polar surface area (TPSA) is 69.6 Å². The first-order valence-electron chi connectivity index (χ1n) is 7.62. The molecule has 0 fully saturated rings. The Bertz CT molecular complexity index is 699. The second kappa shape index (κ2) is 8.61. The van der Waals surface area contributed by atoms with Gasteiger partial charge in [-0.2, -0.15) is 0 Å². The summed E-state index contributed by atoms with van der Waals surface area (Å²) in [6.07, 6.45) is 0. The fourth-order valence-corrected chi connectivity index (χ4v) is 2.47. The normalized spacial score (nSPS) is 10.3. The maximum atomic E-state index is 12.3. The van der Waals surface area contributed by atoms with Gasteiger partial charge in [0.15, 0.2) is 0 Å². The maximum Gasteiger partial charge on any atom is 0.255 e. The molecule has 2 aromatic carbocycles. The summed E-state index contributed by atoms with van der Waals surface area (Å²) in [6, 6.07) is 13.8. The van der Waals surface area contributed by atoms with Crippen LogP contribution in [0.15, 0.2) is 53.0 Å². The lowest BCUT2D eigenvalue weighted by Crippen LogP contribution is -2.33. The summed E-state index contributed by atoms with van der Waals surface area (Å²) >= 11 is 3.33. The summed E-state index contributed by atoms with van der Waals surface area (Å²) in [6.45, 7) is 2.63. The fraction of sp³-hybridized carbons (Fsp3) is 0.222. The lowest BCUT2D eigenvalue weighted by Gasteiger charge is -2.19. The molecule has 126 valence electrons. The van der Waals surface area contributed by atoms with E-state index in [0.717, 1.165) is 4.47 Å². The van der Waals surface area contributed by atoms with Crippen molar-refractivity contribution in [3.05, 3.63) is 64.1 Å². The van der Waals surface area contributed by atoms with Gasteiger partial charge in [-0.3, -0.25) is 9.59 Å². The summed E-state index contributed by atoms with van der Waals surface area (Å²) in [7, 11) is 0. The smallest absolute Gasteiger partial charge is 0.255 e. The zero-order valence-electron chi connectivity index (χ0n) is 13.3. The average molecular weight is 391 g/mol. The Kier molecular flexibility index (Phi) is 6.52. The van der Waals surface area contributed by atoms with Crippen LogP contribution < -0.4 is 5.32 Å². The predicted octanol–water partition coefficient (Wildman–Crippen LogP) is 3.16. The number of benzene rings is 2. The van der Waals surface area contributed by atoms with Crippen LogP contribution in [0.25, 0.3) is 0 Å². The molecule has 2 rings (SSSR count). The van der Waals surface area contributed by atoms with Crippen molar-refractivity contribution in [1.82, 2.24) is 4.90 Å². The maximum absolute atomic E-state index is 12.3. The Hall–Kier alpha value is -2.18. The molecule has 0 saturated heterocycles. The van der Waals surface area contributed by atoms with Crippen LogP contribution in [-0.2, 0) is 0 Å². The van der Waals surface area contributed by atoms with E-state index in [1.165, 1.54) is 0 Å². The molecule has 0 heterocycles. The third-order valence-corrected chi connectivity index (χ3v) is 4.06. The number of rotatable bonds is 6. The van der Waals surface area contributed by atoms with Crippen molar-refractivity contribution in [3.8, 4) is 0 Å². The molecular weight excluding hydrogens is 372 g/mol. The number of nitrogens with one attached hydrogen (secondary N) is 1. The molecule has 0 aromatic heterocycles. The van der Waals surface area contributed by atoms with Gasteiger partial charge in [-0.05, 0) is 55.5 Å². The van der Waals surface area contributed by atoms with E-state index in [0.29, 0.717) is 29.9 Å². The second-order valence-electron chi connectivity index (χ2n) is 5.15. The summed E-state index contributed by atoms with van der Waals surface area (Å²) in [5.74, 6) is -0.352. The first-order valence-corrected chi connectivity index (χ1v) is 8.41. The number of aliphatic hydroxyl groups is 1. The van der Waals surface area contributed by atoms with Gasteiger partial charge in [-0.15, -0.1) is 0 Å². The molecule has 0 spiro atoms. The van der Waals surface area contributed by atoms with E-state index < -0.39 is 0 Å². The monoisotopic (exact) mass is 390 g/mol. The van der Waals surface area contributed by atoms with Crippen LogP contribution in [0.2, 0.25) is 0 Å². The second-order valence-corrected chi connectivity index (χ2v) is 6.06. The third kappa shape index (κ3) is 4.66. The first-order chi connectivity index (χ1) is 11.5. The molecule has 0 radical (unpaired) electrons. The van der Waals surface area contributed by atoms with Crippen LogP contribution in [0.4, 0.5) is 5.69 Å². The van der Waals surface area contributed by atoms with Gasteiger partial charge in [0.25, 0.3) is 11.8 Å². The largest absolute Gasteiger partial charge is 0.395 e. The first kappa shape index (κ1) is 18.2. The van der Waals surface area contributed by atoms with Crippen LogP contribution in [0.3, 0.4) is 0 Å². The van der Waals surface area contributed by atoms with Crippen LogP contribution >= 0.6 is 15.9 Å². The number of aliphatic hydroxyl groups excluding tert-OH is 1. The molecule has 0 saturated carbocycles. The van der Waals surface area contributed by atoms with E-state index in [1.54, 1.807) is 53.4 Å². The predicted molar refractivity (Wildman–Crippen MR) is 97.2 cm³/mol. The molecule has 0 atom stereocenters. The van der Waals surface area contributed by atoms with Crippen molar-refractivity contribution in [2.24, 2.45) is 0 Å². The fourth-order valence-electron chi connectivity index (χ4n) is 2.21. The molecule has 24 heavy (non-hydrogen) atoms. The van der Waals surface area contributed by atoms with Gasteiger partial charge < -0.3 is 15.3 Å². The van der Waals surface area contributed by atoms with Crippen LogP contribution in [0, 0.1) is 0 Å². The zero-order valence-corrected chi connectivity index (χ0v) is 14.9. The minimum atomic E-state index is -0.211. The van der Waals surface area contributed by atoms with Gasteiger partial charge in [0.05, 0.1) is 6.61 Å². The van der Waals surface area contributed by atoms with Crippen LogP contribution in [0.5, 0.6) is 0 Å². The van der Waals surface area contributed by atoms with Crippen molar-refractivity contribution in [2.45, 2.75) is 6.92 Å². The van der Waals surface area contributed by atoms with Crippen molar-refractivity contribution in [3.63, 3.8) is 0 Å². The van der Waals surface area contributed by atoms with Crippen molar-refractivity contribution in [1.29, 1.82) is 0 Å². The highest BCUT2D eigenvalue weighted by molar-refractivity contribution is 9.10. The molecule has 2 amide bonds. The Labute approximate surface area is 149 Å². The van der Waals surface area contributed by atoms with Crippen LogP contribution in [-0.4, -0.2) is 41.5 Å². The summed E-state index contributed by atoms with van der Waals surface area (Å²) < 4.78 is 0.908. The SMILES string of the molecule is CCN(CCO)C(=O)c1ccc(NC(=O)c2ccc(Br)cc2)cc1. The van der Waals surface area contributed by atoms with Gasteiger partial charge in [-0.25, -0.2) is 0 Å². The van der Waals surface area contributed by atoms with Crippen molar-refractivity contribution in [2.75, 3.05) is 25.0 Å². The van der Waals surface area contributed by atoms with Gasteiger partial charge in [-0.1, -0.05) is 15.9 Å². The Morgan fingerprint density at radius 3 is 2.17 bits per heavy atom. The number of amides is 2. The molecule has 0 aliphatic carbocycles. The van der Waals surface area contributed by atoms with E-state index in [-0.39, 0.29) is 18.4 Å². The van der Waals surface area contributed by atoms with Crippen molar-refractivity contribution >= 4 is 33.4 Å². The highest BCUT2D eigenvalue weighted by Gasteiger charge is 2.13. The lowest BCUT2D eigenvalue weighted by molar-refractivity contribution is 0.0732. The average Bonchev–Trinajstić information content (AvgIpc) is 2.60. The summed E-state index contributed by atoms with van der Waals surface area (Å²) in [4.78, 5) is 26.0. The molecule has 2 N–H and O–H groups in total. The van der Waals surface area contributed by atoms with Crippen molar-refractivity contribution < 1.29 is 14.7 Å². The number of halogens is 1. The molecule has 0 aliphatic rings. The molecule has 0 bridgehead atoms. The molecule has 0 unspecified atom stereocenters. The van der Waals surface area contributed by atoms with Crippen LogP contribution in [0.1, 0.15) is 27.6 Å². The lowest BCUT2D eigenvalue weighted by atomic mass is 10.1. The number of carbonyl (C=O) groups is 2. The Balaban J connectivity index is 2.05. The summed E-state index contributed by atoms with van der Waals surface area (Å²) in [5.41, 5.74) is 1.69. The Morgan fingerprint density at radius 2 is 1.62 bits per heavy atom. The van der Waals surface area contributed by atoms with E-state index >= 15 is 0 Å². The quantitative estimate of drug-likeness (QED) is 0.795. The van der Waals surface area contributed by atoms with E-state index in [4.69, 9.17) is 5.11 Å². The minimum Gasteiger partial charge on any atom is -0.395 e. The number of carbonyl (C=O) groups excluding carboxylic acids is 2. The standard InChI is InChI=1S/C18H19BrN2O3/c1-2-21(11-12-22)18(24)14-5-9-16(10-6-14)20-17(23)13-3-7-15(19)8-4-13/h3-10,22H,2,11-12H2,1H3,(H,20,23). The molecule has 2 aromatic rings. The highest BCUT2D eigenvalue weighted by Crippen LogP contribution is 2.15. The Morgan fingerprint density at radius 1 is 1.04 bits per heavy atom. The van der Waals surface area contributed by atoms with Gasteiger partial charge >= 0.3 is 0 Å². The molecule has 0 aliphatic heterocycles. The number of hydrogen-bond donors (Lipinski definition) is 2. The molecular formula is C18H19BrN2O3. The van der Waals surface area contributed by atoms with Gasteiger partial charge in [0.1, 0.15) is 0 Å². The van der Waals surface area contributed by atoms with E-state index in [1.807, 2.05) is 6.92 Å². The summed E-state index contributed by atoms with van der Waals surface area (Å²) in [5, 5.41) is 11.8. The number of anilines is 1. The van der Waals surface area contributed by atoms with E-state index in [9.17, 15) is 9.59 Å². The third-order valence-electron chi connectivity index (χ3n) is 3.53. The number of likely N-dealkylation sites (N-methyl/N-ethyl adjacent to an activating group) is 1. The minimum absolute atomic E-state index is 0.0685. The zero-order chi connectivity index (χ0) is 17.5. The van der Waals surface area contributed by atoms with Gasteiger partial charge in [0.2, 0.25) is 0 Å². The molecule has 6 heteroatoms. The van der Waals surface area contributed by atoms with E-state index in [2.05, 4.69) is 21.2 Å². The number of hydrogen-bond acceptors (Lipinski definition) is 3.